The molecule has 0 spiro atoms. The summed E-state index contributed by atoms with van der Waals surface area (Å²) in [4.78, 5) is 12.2. The van der Waals surface area contributed by atoms with Gasteiger partial charge in [-0.1, -0.05) is 48.0 Å². The van der Waals surface area contributed by atoms with Crippen molar-refractivity contribution >= 4 is 55.4 Å². The largest absolute Gasteiger partial charge is 0.465 e. The van der Waals surface area contributed by atoms with Gasteiger partial charge >= 0.3 is 5.97 Å². The average molecular weight is 633 g/mol. The van der Waals surface area contributed by atoms with E-state index in [1.165, 1.54) is 59.6 Å². The van der Waals surface area contributed by atoms with Crippen LogP contribution in [-0.2, 0) is 15.7 Å². The molecule has 1 unspecified atom stereocenters. The number of esters is 1. The quantitative estimate of drug-likeness (QED) is 0.176. The van der Waals surface area contributed by atoms with E-state index in [4.69, 9.17) is 16.3 Å². The normalized spacial score (nSPS) is 12.2. The summed E-state index contributed by atoms with van der Waals surface area (Å²) in [6, 6.07) is 21.5. The number of hydrogen-bond donors (Lipinski definition) is 0. The Morgan fingerprint density at radius 3 is 2.36 bits per heavy atom. The first-order valence-electron chi connectivity index (χ1n) is 11.5. The average Bonchev–Trinajstić information content (AvgIpc) is 3.23. The molecule has 39 heavy (non-hydrogen) atoms. The van der Waals surface area contributed by atoms with Gasteiger partial charge in [-0.3, -0.25) is 3.97 Å². The molecule has 10 heteroatoms. The number of benzene rings is 4. The number of methoxy groups -OCH3 is 1. The van der Waals surface area contributed by atoms with Gasteiger partial charge in [0.2, 0.25) is 0 Å². The lowest BCUT2D eigenvalue weighted by atomic mass is 10.0. The monoisotopic (exact) mass is 631 g/mol. The number of aromatic nitrogens is 1. The fourth-order valence-corrected chi connectivity index (χ4v) is 6.69. The summed E-state index contributed by atoms with van der Waals surface area (Å²) in [5.74, 6) is -0.980. The smallest absolute Gasteiger partial charge is 0.337 e. The molecule has 198 valence electrons. The van der Waals surface area contributed by atoms with Crippen LogP contribution in [0.4, 0.5) is 13.2 Å². The van der Waals surface area contributed by atoms with Gasteiger partial charge in [-0.2, -0.15) is 0 Å². The van der Waals surface area contributed by atoms with Crippen LogP contribution in [0, 0.1) is 5.82 Å². The highest BCUT2D eigenvalue weighted by Crippen LogP contribution is 2.41. The summed E-state index contributed by atoms with van der Waals surface area (Å²) in [6.45, 7) is 0. The Hall–Kier alpha value is -3.40. The minimum Gasteiger partial charge on any atom is -0.465 e. The lowest BCUT2D eigenvalue weighted by Crippen LogP contribution is -2.07. The lowest BCUT2D eigenvalue weighted by Gasteiger charge is -2.13. The van der Waals surface area contributed by atoms with Crippen LogP contribution in [0.1, 0.15) is 22.3 Å². The number of hydrogen-bond acceptors (Lipinski definition) is 3. The summed E-state index contributed by atoms with van der Waals surface area (Å²) in [5.41, 5.74) is 3.12. The third-order valence-corrected chi connectivity index (χ3v) is 8.66. The Balaban J connectivity index is 1.68. The molecule has 1 atom stereocenters. The maximum absolute atomic E-state index is 14.2. The molecule has 0 radical (unpaired) electrons. The van der Waals surface area contributed by atoms with Crippen LogP contribution >= 0.6 is 27.5 Å². The van der Waals surface area contributed by atoms with E-state index in [-0.39, 0.29) is 5.56 Å². The maximum atomic E-state index is 14.2. The van der Waals surface area contributed by atoms with Crippen molar-refractivity contribution in [2.24, 2.45) is 0 Å². The molecular weight excluding hydrogens is 615 g/mol. The highest BCUT2D eigenvalue weighted by Gasteiger charge is 2.23. The zero-order valence-corrected chi connectivity index (χ0v) is 23.3. The van der Waals surface area contributed by atoms with Crippen LogP contribution in [0.15, 0.2) is 94.3 Å². The lowest BCUT2D eigenvalue weighted by molar-refractivity contribution is 0.0600. The Morgan fingerprint density at radius 1 is 0.974 bits per heavy atom. The standard InChI is InChI=1S/C29H18BrClF3NO3S/c1-38-29(36)19-7-11-22(24(31)14-19)17-3-2-4-18(13-17)27-26(30)23-15-20(32)8-12-25(23)35(27)39(37)21-9-5-16(6-10-21)28(33)34/h2-15,28H,1H3. The Morgan fingerprint density at radius 2 is 1.69 bits per heavy atom. The number of carbonyl (C=O) groups is 1. The SMILES string of the molecule is COC(=O)c1ccc(-c2cccc(-c3c(Br)c4cc(F)ccc4n3S(=O)c3ccc(C(F)F)cc3)c2)c(Cl)c1. The summed E-state index contributed by atoms with van der Waals surface area (Å²) < 4.78 is 61.1. The molecule has 0 aliphatic heterocycles. The van der Waals surface area contributed by atoms with Gasteiger partial charge in [0.05, 0.1) is 33.3 Å². The maximum Gasteiger partial charge on any atom is 0.337 e. The number of carbonyl (C=O) groups excluding carboxylic acids is 1. The van der Waals surface area contributed by atoms with Crippen molar-refractivity contribution in [3.63, 3.8) is 0 Å². The van der Waals surface area contributed by atoms with Gasteiger partial charge in [0.1, 0.15) is 5.82 Å². The molecule has 4 aromatic carbocycles. The molecular formula is C29H18BrClF3NO3S. The van der Waals surface area contributed by atoms with Crippen LogP contribution in [0.3, 0.4) is 0 Å². The van der Waals surface area contributed by atoms with Crippen molar-refractivity contribution in [3.05, 3.63) is 111 Å². The fourth-order valence-electron chi connectivity index (χ4n) is 4.28. The van der Waals surface area contributed by atoms with Gasteiger partial charge in [-0.25, -0.2) is 22.2 Å². The van der Waals surface area contributed by atoms with Crippen LogP contribution in [-0.4, -0.2) is 21.3 Å². The minimum atomic E-state index is -2.65. The van der Waals surface area contributed by atoms with Crippen molar-refractivity contribution in [1.29, 1.82) is 0 Å². The Labute approximate surface area is 237 Å². The summed E-state index contributed by atoms with van der Waals surface area (Å²) in [6.07, 6.45) is -2.65. The Bertz CT molecular complexity index is 1760. The second-order valence-corrected chi connectivity index (χ2v) is 11.0. The van der Waals surface area contributed by atoms with E-state index in [1.54, 1.807) is 18.2 Å². The van der Waals surface area contributed by atoms with E-state index in [9.17, 15) is 22.2 Å². The third-order valence-electron chi connectivity index (χ3n) is 6.16. The molecule has 4 nitrogen and oxygen atoms in total. The molecule has 5 aromatic rings. The van der Waals surface area contributed by atoms with Crippen LogP contribution < -0.4 is 0 Å². The van der Waals surface area contributed by atoms with Crippen molar-refractivity contribution < 1.29 is 26.9 Å². The number of ether oxygens (including phenoxy) is 1. The first-order chi connectivity index (χ1) is 18.7. The predicted octanol–water partition coefficient (Wildman–Crippen LogP) is 8.83. The highest BCUT2D eigenvalue weighted by atomic mass is 79.9. The molecule has 0 saturated heterocycles. The molecule has 0 saturated carbocycles. The van der Waals surface area contributed by atoms with Gasteiger partial charge in [0.15, 0.2) is 11.0 Å². The zero-order chi connectivity index (χ0) is 27.8. The predicted molar refractivity (Wildman–Crippen MR) is 150 cm³/mol. The second-order valence-electron chi connectivity index (χ2n) is 8.50. The van der Waals surface area contributed by atoms with Crippen LogP contribution in [0.2, 0.25) is 5.02 Å². The van der Waals surface area contributed by atoms with Crippen molar-refractivity contribution in [3.8, 4) is 22.4 Å². The molecule has 0 N–H and O–H groups in total. The van der Waals surface area contributed by atoms with Gasteiger partial charge < -0.3 is 4.74 Å². The summed E-state index contributed by atoms with van der Waals surface area (Å²) >= 11 is 10.1. The van der Waals surface area contributed by atoms with Gasteiger partial charge in [0, 0.05) is 27.1 Å². The van der Waals surface area contributed by atoms with Crippen LogP contribution in [0.25, 0.3) is 33.3 Å². The van der Waals surface area contributed by atoms with E-state index in [0.717, 1.165) is 5.56 Å². The zero-order valence-electron chi connectivity index (χ0n) is 20.1. The first kappa shape index (κ1) is 27.2. The number of halogens is 5. The molecule has 0 aliphatic carbocycles. The summed E-state index contributed by atoms with van der Waals surface area (Å²) in [7, 11) is -0.579. The summed E-state index contributed by atoms with van der Waals surface area (Å²) in [5, 5.41) is 0.827. The molecule has 0 fully saturated rings. The minimum absolute atomic E-state index is 0.181. The topological polar surface area (TPSA) is 48.3 Å². The molecule has 5 rings (SSSR count). The second kappa shape index (κ2) is 11.0. The molecule has 0 amide bonds. The van der Waals surface area contributed by atoms with Gasteiger partial charge in [-0.05, 0) is 70.0 Å². The number of nitrogens with zero attached hydrogens (tertiary/aromatic N) is 1. The first-order valence-corrected chi connectivity index (χ1v) is 13.8. The van der Waals surface area contributed by atoms with E-state index < -0.39 is 29.2 Å². The van der Waals surface area contributed by atoms with Crippen molar-refractivity contribution in [1.82, 2.24) is 3.97 Å². The molecule has 1 heterocycles. The van der Waals surface area contributed by atoms with Crippen molar-refractivity contribution in [2.45, 2.75) is 11.3 Å². The van der Waals surface area contributed by atoms with E-state index in [2.05, 4.69) is 15.9 Å². The van der Waals surface area contributed by atoms with Crippen molar-refractivity contribution in [2.75, 3.05) is 7.11 Å². The molecule has 1 aromatic heterocycles. The molecule has 0 bridgehead atoms. The third kappa shape index (κ3) is 5.14. The highest BCUT2D eigenvalue weighted by molar-refractivity contribution is 9.10. The Kier molecular flexibility index (Phi) is 7.66. The van der Waals surface area contributed by atoms with Gasteiger partial charge in [-0.15, -0.1) is 0 Å². The van der Waals surface area contributed by atoms with Crippen LogP contribution in [0.5, 0.6) is 0 Å². The van der Waals surface area contributed by atoms with E-state index in [0.29, 0.717) is 47.7 Å². The number of alkyl halides is 2. The number of fused-ring (bicyclic) bond motifs is 1. The van der Waals surface area contributed by atoms with E-state index in [1.807, 2.05) is 18.2 Å². The molecule has 0 aliphatic rings. The number of rotatable bonds is 6. The van der Waals surface area contributed by atoms with Gasteiger partial charge in [0.25, 0.3) is 6.43 Å². The van der Waals surface area contributed by atoms with E-state index >= 15 is 0 Å². The fraction of sp³-hybridized carbons (Fsp3) is 0.0690.